The molecule has 1 fully saturated rings. The summed E-state index contributed by atoms with van der Waals surface area (Å²) in [6, 6.07) is 0. The first-order valence-electron chi connectivity index (χ1n) is 8.10. The number of carboxylic acid groups (broad SMARTS) is 1. The van der Waals surface area contributed by atoms with Crippen LogP contribution in [-0.4, -0.2) is 35.7 Å². The number of carbonyl (C=O) groups is 3. The van der Waals surface area contributed by atoms with Gasteiger partial charge in [-0.05, 0) is 39.5 Å². The molecule has 0 radical (unpaired) electrons. The molecule has 0 aromatic rings. The van der Waals surface area contributed by atoms with Crippen molar-refractivity contribution in [3.05, 3.63) is 12.2 Å². The average Bonchev–Trinajstić information content (AvgIpc) is 2.45. The molecular weight excluding hydrogens is 300 g/mol. The minimum absolute atomic E-state index is 0.0885. The molecule has 0 spiro atoms. The van der Waals surface area contributed by atoms with E-state index >= 15 is 0 Å². The van der Waals surface area contributed by atoms with Gasteiger partial charge in [0, 0.05) is 12.2 Å². The normalized spacial score (nSPS) is 17.3. The zero-order valence-corrected chi connectivity index (χ0v) is 13.9. The van der Waals surface area contributed by atoms with Gasteiger partial charge in [-0.2, -0.15) is 0 Å². The molecule has 0 aromatic heterocycles. The van der Waals surface area contributed by atoms with Crippen molar-refractivity contribution in [2.75, 3.05) is 6.61 Å². The summed E-state index contributed by atoms with van der Waals surface area (Å²) in [6.07, 6.45) is 9.30. The van der Waals surface area contributed by atoms with Gasteiger partial charge in [0.15, 0.2) is 0 Å². The molecule has 1 saturated carbocycles. The Morgan fingerprint density at radius 1 is 1.00 bits per heavy atom. The van der Waals surface area contributed by atoms with Crippen LogP contribution >= 0.6 is 0 Å². The number of carbonyl (C=O) groups excluding carboxylic acids is 2. The Labute approximate surface area is 136 Å². The van der Waals surface area contributed by atoms with Gasteiger partial charge in [-0.15, -0.1) is 0 Å². The monoisotopic (exact) mass is 326 g/mol. The van der Waals surface area contributed by atoms with E-state index in [4.69, 9.17) is 14.6 Å². The molecule has 0 unspecified atom stereocenters. The Balaban J connectivity index is 2.35. The van der Waals surface area contributed by atoms with Gasteiger partial charge in [0.2, 0.25) is 0 Å². The topological polar surface area (TPSA) is 89.9 Å². The van der Waals surface area contributed by atoms with E-state index in [0.717, 1.165) is 50.7 Å². The van der Waals surface area contributed by atoms with Gasteiger partial charge in [0.05, 0.1) is 5.41 Å². The van der Waals surface area contributed by atoms with Crippen molar-refractivity contribution in [1.29, 1.82) is 0 Å². The summed E-state index contributed by atoms with van der Waals surface area (Å²) < 4.78 is 10.2. The van der Waals surface area contributed by atoms with E-state index < -0.39 is 23.3 Å². The van der Waals surface area contributed by atoms with Crippen molar-refractivity contribution in [2.45, 2.75) is 64.9 Å². The number of carboxylic acids is 1. The quantitative estimate of drug-likeness (QED) is 0.596. The Kier molecular flexibility index (Phi) is 7.78. The fraction of sp³-hybridized carbons (Fsp3) is 0.706. The molecule has 0 heterocycles. The van der Waals surface area contributed by atoms with E-state index in [9.17, 15) is 14.4 Å². The van der Waals surface area contributed by atoms with Gasteiger partial charge in [-0.3, -0.25) is 4.79 Å². The molecule has 6 heteroatoms. The van der Waals surface area contributed by atoms with Crippen LogP contribution in [0, 0.1) is 5.41 Å². The summed E-state index contributed by atoms with van der Waals surface area (Å²) in [6.45, 7) is 2.65. The smallest absolute Gasteiger partial charge is 0.331 e. The molecule has 1 aliphatic carbocycles. The van der Waals surface area contributed by atoms with Gasteiger partial charge in [-0.25, -0.2) is 9.59 Å². The summed E-state index contributed by atoms with van der Waals surface area (Å²) in [7, 11) is 0. The molecule has 130 valence electrons. The van der Waals surface area contributed by atoms with Crippen LogP contribution in [0.15, 0.2) is 12.2 Å². The maximum atomic E-state index is 11.7. The van der Waals surface area contributed by atoms with Gasteiger partial charge >= 0.3 is 17.9 Å². The van der Waals surface area contributed by atoms with Crippen LogP contribution in [0.4, 0.5) is 0 Å². The van der Waals surface area contributed by atoms with E-state index in [-0.39, 0.29) is 12.7 Å². The molecule has 0 amide bonds. The lowest BCUT2D eigenvalue weighted by Gasteiger charge is -2.19. The summed E-state index contributed by atoms with van der Waals surface area (Å²) >= 11 is 0. The lowest BCUT2D eigenvalue weighted by molar-refractivity contribution is -0.154. The fourth-order valence-corrected chi connectivity index (χ4v) is 2.24. The van der Waals surface area contributed by atoms with Crippen molar-refractivity contribution in [3.8, 4) is 0 Å². The third-order valence-corrected chi connectivity index (χ3v) is 3.84. The van der Waals surface area contributed by atoms with Crippen molar-refractivity contribution in [3.63, 3.8) is 0 Å². The standard InChI is InChI=1S/C17H26O6/c1-17(2,16(20)21)12-22-14(18)10-11-15(19)23-13-8-6-4-3-5-7-9-13/h10-11,13H,3-9,12H2,1-2H3,(H,20,21)/b11-10+. The molecule has 0 atom stereocenters. The highest BCUT2D eigenvalue weighted by Crippen LogP contribution is 2.19. The van der Waals surface area contributed by atoms with Crippen molar-refractivity contribution < 1.29 is 29.0 Å². The maximum absolute atomic E-state index is 11.7. The Hall–Kier alpha value is -1.85. The van der Waals surface area contributed by atoms with Crippen LogP contribution in [0.3, 0.4) is 0 Å². The van der Waals surface area contributed by atoms with Gasteiger partial charge < -0.3 is 14.6 Å². The highest BCUT2D eigenvalue weighted by Gasteiger charge is 2.28. The van der Waals surface area contributed by atoms with Gasteiger partial charge in [-0.1, -0.05) is 19.3 Å². The maximum Gasteiger partial charge on any atom is 0.331 e. The molecular formula is C17H26O6. The number of hydrogen-bond acceptors (Lipinski definition) is 5. The van der Waals surface area contributed by atoms with Crippen LogP contribution in [0.25, 0.3) is 0 Å². The lowest BCUT2D eigenvalue weighted by atomic mass is 9.95. The third-order valence-electron chi connectivity index (χ3n) is 3.84. The van der Waals surface area contributed by atoms with Crippen LogP contribution in [0.1, 0.15) is 58.8 Å². The van der Waals surface area contributed by atoms with Crippen LogP contribution < -0.4 is 0 Å². The lowest BCUT2D eigenvalue weighted by Crippen LogP contribution is -2.30. The van der Waals surface area contributed by atoms with E-state index in [1.165, 1.54) is 20.3 Å². The predicted octanol–water partition coefficient (Wildman–Crippen LogP) is 2.85. The van der Waals surface area contributed by atoms with Crippen molar-refractivity contribution in [2.24, 2.45) is 5.41 Å². The highest BCUT2D eigenvalue weighted by atomic mass is 16.5. The second-order valence-corrected chi connectivity index (χ2v) is 6.53. The minimum Gasteiger partial charge on any atom is -0.481 e. The first kappa shape index (κ1) is 19.2. The average molecular weight is 326 g/mol. The SMILES string of the molecule is CC(C)(COC(=O)/C=C/C(=O)OC1CCCCCCC1)C(=O)O. The van der Waals surface area contributed by atoms with Crippen molar-refractivity contribution >= 4 is 17.9 Å². The second-order valence-electron chi connectivity index (χ2n) is 6.53. The summed E-state index contributed by atoms with van der Waals surface area (Å²) in [5.41, 5.74) is -1.16. The minimum atomic E-state index is -1.16. The summed E-state index contributed by atoms with van der Waals surface area (Å²) in [5.74, 6) is -2.38. The largest absolute Gasteiger partial charge is 0.481 e. The van der Waals surface area contributed by atoms with Crippen LogP contribution in [0.5, 0.6) is 0 Å². The first-order valence-corrected chi connectivity index (χ1v) is 8.10. The Morgan fingerprint density at radius 3 is 2.09 bits per heavy atom. The van der Waals surface area contributed by atoms with Crippen molar-refractivity contribution in [1.82, 2.24) is 0 Å². The zero-order valence-electron chi connectivity index (χ0n) is 13.9. The van der Waals surface area contributed by atoms with E-state index in [0.29, 0.717) is 0 Å². The highest BCUT2D eigenvalue weighted by molar-refractivity contribution is 5.91. The molecule has 23 heavy (non-hydrogen) atoms. The van der Waals surface area contributed by atoms with Gasteiger partial charge in [0.1, 0.15) is 12.7 Å². The molecule has 1 aliphatic rings. The number of aliphatic carboxylic acids is 1. The Morgan fingerprint density at radius 2 is 1.52 bits per heavy atom. The molecule has 6 nitrogen and oxygen atoms in total. The van der Waals surface area contributed by atoms with Gasteiger partial charge in [0.25, 0.3) is 0 Å². The first-order chi connectivity index (χ1) is 10.8. The molecule has 0 aliphatic heterocycles. The number of rotatable bonds is 6. The van der Waals surface area contributed by atoms with E-state index in [2.05, 4.69) is 0 Å². The summed E-state index contributed by atoms with van der Waals surface area (Å²) in [4.78, 5) is 34.1. The molecule has 0 aromatic carbocycles. The fourth-order valence-electron chi connectivity index (χ4n) is 2.24. The second kappa shape index (κ2) is 9.33. The van der Waals surface area contributed by atoms with Crippen LogP contribution in [0.2, 0.25) is 0 Å². The Bertz CT molecular complexity index is 444. The number of ether oxygens (including phenoxy) is 2. The molecule has 0 bridgehead atoms. The zero-order chi connectivity index (χ0) is 17.3. The molecule has 1 rings (SSSR count). The molecule has 1 N–H and O–H groups in total. The van der Waals surface area contributed by atoms with E-state index in [1.807, 2.05) is 0 Å². The third kappa shape index (κ3) is 7.81. The van der Waals surface area contributed by atoms with Crippen LogP contribution in [-0.2, 0) is 23.9 Å². The summed E-state index contributed by atoms with van der Waals surface area (Å²) in [5, 5.41) is 8.91. The molecule has 0 saturated heterocycles. The number of esters is 2. The van der Waals surface area contributed by atoms with E-state index in [1.54, 1.807) is 0 Å². The number of hydrogen-bond donors (Lipinski definition) is 1. The predicted molar refractivity (Wildman–Crippen MR) is 83.7 cm³/mol.